The predicted octanol–water partition coefficient (Wildman–Crippen LogP) is 3.72. The van der Waals surface area contributed by atoms with E-state index in [4.69, 9.17) is 0 Å². The van der Waals surface area contributed by atoms with Crippen LogP contribution in [-0.4, -0.2) is 21.9 Å². The Kier molecular flexibility index (Phi) is 3.94. The Morgan fingerprint density at radius 3 is 2.76 bits per heavy atom. The van der Waals surface area contributed by atoms with Crippen LogP contribution in [0.4, 0.5) is 11.5 Å². The van der Waals surface area contributed by atoms with Crippen LogP contribution in [0.15, 0.2) is 36.7 Å². The van der Waals surface area contributed by atoms with Gasteiger partial charge in [0.05, 0.1) is 17.9 Å². The van der Waals surface area contributed by atoms with Gasteiger partial charge < -0.3 is 10.2 Å². The van der Waals surface area contributed by atoms with E-state index in [9.17, 15) is 4.79 Å². The molecule has 2 aliphatic rings. The zero-order chi connectivity index (χ0) is 17.6. The summed E-state index contributed by atoms with van der Waals surface area (Å²) in [5.74, 6) is 1.87. The fraction of sp³-hybridized carbons (Fsp3) is 0.450. The standard InChI is InChI=1S/C20H24N4O/c1-12-5-4-6-18(22-12)23-19-13(2)20(15-7-8-15)24(14(3)25)17-11-21-10-9-16(17)19/h4-6,9-11,13,15,19-20H,7-8H2,1-3H3,(H,22,23)/t13-,19-,20?/m1/s1. The summed E-state index contributed by atoms with van der Waals surface area (Å²) in [7, 11) is 0. The topological polar surface area (TPSA) is 58.1 Å². The molecule has 3 heterocycles. The Balaban J connectivity index is 1.77. The molecule has 130 valence electrons. The Bertz CT molecular complexity index is 802. The minimum atomic E-state index is 0.102. The monoisotopic (exact) mass is 336 g/mol. The smallest absolute Gasteiger partial charge is 0.224 e. The molecule has 3 atom stereocenters. The lowest BCUT2D eigenvalue weighted by molar-refractivity contribution is -0.117. The van der Waals surface area contributed by atoms with Crippen LogP contribution in [0.5, 0.6) is 0 Å². The summed E-state index contributed by atoms with van der Waals surface area (Å²) in [6.45, 7) is 5.91. The van der Waals surface area contributed by atoms with Crippen LogP contribution in [0.1, 0.15) is 44.0 Å². The van der Waals surface area contributed by atoms with E-state index in [1.165, 1.54) is 12.8 Å². The second kappa shape index (κ2) is 6.14. The third-order valence-electron chi connectivity index (χ3n) is 5.43. The van der Waals surface area contributed by atoms with E-state index in [-0.39, 0.29) is 18.0 Å². The van der Waals surface area contributed by atoms with Crippen molar-refractivity contribution in [2.45, 2.75) is 45.7 Å². The maximum atomic E-state index is 12.4. The fourth-order valence-electron chi connectivity index (χ4n) is 4.19. The Morgan fingerprint density at radius 1 is 1.28 bits per heavy atom. The molecule has 25 heavy (non-hydrogen) atoms. The number of aryl methyl sites for hydroxylation is 1. The second-order valence-corrected chi connectivity index (χ2v) is 7.30. The van der Waals surface area contributed by atoms with Crippen molar-refractivity contribution in [1.82, 2.24) is 9.97 Å². The molecule has 1 amide bonds. The lowest BCUT2D eigenvalue weighted by Crippen LogP contribution is -2.51. The van der Waals surface area contributed by atoms with Gasteiger partial charge >= 0.3 is 0 Å². The van der Waals surface area contributed by atoms with Crippen LogP contribution >= 0.6 is 0 Å². The van der Waals surface area contributed by atoms with Crippen LogP contribution < -0.4 is 10.2 Å². The molecule has 5 nitrogen and oxygen atoms in total. The van der Waals surface area contributed by atoms with Crippen LogP contribution in [0.3, 0.4) is 0 Å². The number of hydrogen-bond acceptors (Lipinski definition) is 4. The maximum Gasteiger partial charge on any atom is 0.224 e. The molecule has 2 aromatic rings. The molecule has 1 unspecified atom stereocenters. The van der Waals surface area contributed by atoms with E-state index in [1.807, 2.05) is 42.3 Å². The van der Waals surface area contributed by atoms with Crippen molar-refractivity contribution in [3.63, 3.8) is 0 Å². The predicted molar refractivity (Wildman–Crippen MR) is 98.4 cm³/mol. The van der Waals surface area contributed by atoms with Crippen molar-refractivity contribution in [2.75, 3.05) is 10.2 Å². The largest absolute Gasteiger partial charge is 0.363 e. The van der Waals surface area contributed by atoms with Crippen molar-refractivity contribution in [2.24, 2.45) is 11.8 Å². The van der Waals surface area contributed by atoms with Gasteiger partial charge in [0.1, 0.15) is 5.82 Å². The van der Waals surface area contributed by atoms with Gasteiger partial charge in [-0.05, 0) is 43.9 Å². The summed E-state index contributed by atoms with van der Waals surface area (Å²) in [5.41, 5.74) is 3.06. The first-order valence-electron chi connectivity index (χ1n) is 9.00. The number of anilines is 2. The lowest BCUT2D eigenvalue weighted by Gasteiger charge is -2.45. The molecule has 5 heteroatoms. The van der Waals surface area contributed by atoms with E-state index < -0.39 is 0 Å². The van der Waals surface area contributed by atoms with Gasteiger partial charge in [0.15, 0.2) is 0 Å². The van der Waals surface area contributed by atoms with Crippen LogP contribution in [0, 0.1) is 18.8 Å². The van der Waals surface area contributed by atoms with Gasteiger partial charge in [-0.25, -0.2) is 4.98 Å². The third kappa shape index (κ3) is 2.88. The summed E-state index contributed by atoms with van der Waals surface area (Å²) in [6.07, 6.45) is 6.03. The van der Waals surface area contributed by atoms with E-state index in [0.29, 0.717) is 11.8 Å². The van der Waals surface area contributed by atoms with Crippen LogP contribution in [0.25, 0.3) is 0 Å². The minimum Gasteiger partial charge on any atom is -0.363 e. The number of hydrogen-bond donors (Lipinski definition) is 1. The molecular formula is C20H24N4O. The molecule has 0 bridgehead atoms. The van der Waals surface area contributed by atoms with E-state index in [2.05, 4.69) is 22.2 Å². The maximum absolute atomic E-state index is 12.4. The SMILES string of the molecule is CC(=O)N1c2cnccc2[C@H](Nc2cccc(C)n2)[C@@H](C)C1C1CC1. The Hall–Kier alpha value is -2.43. The zero-order valence-corrected chi connectivity index (χ0v) is 14.9. The van der Waals surface area contributed by atoms with Crippen molar-refractivity contribution in [3.8, 4) is 0 Å². The molecule has 1 aliphatic carbocycles. The molecule has 0 saturated heterocycles. The van der Waals surface area contributed by atoms with E-state index in [0.717, 1.165) is 22.8 Å². The number of aromatic nitrogens is 2. The van der Waals surface area contributed by atoms with E-state index in [1.54, 1.807) is 13.1 Å². The summed E-state index contributed by atoms with van der Waals surface area (Å²) in [4.78, 5) is 23.3. The van der Waals surface area contributed by atoms with Gasteiger partial charge in [0.25, 0.3) is 0 Å². The Morgan fingerprint density at radius 2 is 2.08 bits per heavy atom. The summed E-state index contributed by atoms with van der Waals surface area (Å²) in [5, 5.41) is 3.62. The highest BCUT2D eigenvalue weighted by molar-refractivity contribution is 5.94. The highest BCUT2D eigenvalue weighted by Gasteiger charge is 2.47. The molecule has 1 aliphatic heterocycles. The normalized spacial score (nSPS) is 25.4. The Labute approximate surface area is 148 Å². The van der Waals surface area contributed by atoms with Crippen LogP contribution in [0.2, 0.25) is 0 Å². The van der Waals surface area contributed by atoms with Gasteiger partial charge in [-0.15, -0.1) is 0 Å². The molecular weight excluding hydrogens is 312 g/mol. The molecule has 2 aromatic heterocycles. The molecule has 1 N–H and O–H groups in total. The number of nitrogens with zero attached hydrogens (tertiary/aromatic N) is 3. The zero-order valence-electron chi connectivity index (χ0n) is 14.9. The van der Waals surface area contributed by atoms with Gasteiger partial charge in [-0.3, -0.25) is 9.78 Å². The summed E-state index contributed by atoms with van der Waals surface area (Å²) < 4.78 is 0. The number of fused-ring (bicyclic) bond motifs is 1. The molecule has 0 radical (unpaired) electrons. The fourth-order valence-corrected chi connectivity index (χ4v) is 4.19. The highest BCUT2D eigenvalue weighted by Crippen LogP contribution is 2.49. The molecule has 1 fully saturated rings. The van der Waals surface area contributed by atoms with Crippen molar-refractivity contribution < 1.29 is 4.79 Å². The summed E-state index contributed by atoms with van der Waals surface area (Å²) >= 11 is 0. The van der Waals surface area contributed by atoms with Gasteiger partial charge in [-0.1, -0.05) is 13.0 Å². The van der Waals surface area contributed by atoms with Crippen LogP contribution in [-0.2, 0) is 4.79 Å². The van der Waals surface area contributed by atoms with Gasteiger partial charge in [0, 0.05) is 36.3 Å². The third-order valence-corrected chi connectivity index (χ3v) is 5.43. The number of carbonyl (C=O) groups excluding carboxylic acids is 1. The quantitative estimate of drug-likeness (QED) is 0.928. The number of amides is 1. The minimum absolute atomic E-state index is 0.102. The molecule has 0 aromatic carbocycles. The summed E-state index contributed by atoms with van der Waals surface area (Å²) in [6, 6.07) is 8.39. The molecule has 4 rings (SSSR count). The first-order chi connectivity index (χ1) is 12.1. The first-order valence-corrected chi connectivity index (χ1v) is 9.00. The highest BCUT2D eigenvalue weighted by atomic mass is 16.2. The lowest BCUT2D eigenvalue weighted by atomic mass is 9.80. The molecule has 1 saturated carbocycles. The molecule has 0 spiro atoms. The first kappa shape index (κ1) is 16.1. The van der Waals surface area contributed by atoms with Crippen molar-refractivity contribution >= 4 is 17.4 Å². The average Bonchev–Trinajstić information content (AvgIpc) is 3.41. The number of carbonyl (C=O) groups is 1. The number of pyridine rings is 2. The average molecular weight is 336 g/mol. The van der Waals surface area contributed by atoms with Gasteiger partial charge in [-0.2, -0.15) is 0 Å². The van der Waals surface area contributed by atoms with Crippen molar-refractivity contribution in [3.05, 3.63) is 47.9 Å². The second-order valence-electron chi connectivity index (χ2n) is 7.30. The number of nitrogens with one attached hydrogen (secondary N) is 1. The number of rotatable bonds is 3. The van der Waals surface area contributed by atoms with Crippen molar-refractivity contribution in [1.29, 1.82) is 0 Å². The van der Waals surface area contributed by atoms with E-state index >= 15 is 0 Å². The van der Waals surface area contributed by atoms with Gasteiger partial charge in [0.2, 0.25) is 5.91 Å².